The molecule has 0 saturated carbocycles. The van der Waals surface area contributed by atoms with Crippen molar-refractivity contribution < 1.29 is 5.11 Å². The van der Waals surface area contributed by atoms with Crippen LogP contribution in [0.3, 0.4) is 0 Å². The zero-order valence-corrected chi connectivity index (χ0v) is 14.3. The van der Waals surface area contributed by atoms with Crippen LogP contribution in [-0.2, 0) is 0 Å². The number of aliphatic imine (C=N–C) groups is 1. The maximum absolute atomic E-state index is 10.0. The highest BCUT2D eigenvalue weighted by Crippen LogP contribution is 2.42. The summed E-state index contributed by atoms with van der Waals surface area (Å²) in [4.78, 5) is 4.97. The van der Waals surface area contributed by atoms with E-state index < -0.39 is 0 Å². The first-order chi connectivity index (χ1) is 9.97. The summed E-state index contributed by atoms with van der Waals surface area (Å²) in [6.45, 7) is 11.3. The molecule has 3 unspecified atom stereocenters. The molecule has 118 valence electrons. The molecule has 0 aromatic heterocycles. The summed E-state index contributed by atoms with van der Waals surface area (Å²) in [5, 5.41) is 10.0. The van der Waals surface area contributed by atoms with E-state index in [2.05, 4.69) is 46.8 Å². The Morgan fingerprint density at radius 3 is 2.43 bits per heavy atom. The van der Waals surface area contributed by atoms with E-state index in [1.165, 1.54) is 36.2 Å². The Hall–Kier alpha value is -0.890. The average molecular weight is 289 g/mol. The van der Waals surface area contributed by atoms with Crippen LogP contribution in [0.5, 0.6) is 0 Å². The number of hydrogen-bond acceptors (Lipinski definition) is 2. The minimum atomic E-state index is 0.195. The smallest absolute Gasteiger partial charge is 0.0517 e. The average Bonchev–Trinajstić information content (AvgIpc) is 2.46. The Bertz CT molecular complexity index is 456. The highest BCUT2D eigenvalue weighted by atomic mass is 16.3. The molecule has 1 aliphatic carbocycles. The van der Waals surface area contributed by atoms with Crippen LogP contribution in [0.4, 0.5) is 0 Å². The van der Waals surface area contributed by atoms with Crippen molar-refractivity contribution in [3.63, 3.8) is 0 Å². The van der Waals surface area contributed by atoms with Crippen molar-refractivity contribution in [3.05, 3.63) is 23.4 Å². The van der Waals surface area contributed by atoms with Gasteiger partial charge in [0, 0.05) is 17.3 Å². The van der Waals surface area contributed by atoms with Crippen LogP contribution in [0.15, 0.2) is 28.4 Å². The molecular formula is C19H31NO. The molecule has 2 nitrogen and oxygen atoms in total. The lowest BCUT2D eigenvalue weighted by Gasteiger charge is -2.40. The molecule has 0 saturated heterocycles. The van der Waals surface area contributed by atoms with E-state index in [0.717, 1.165) is 0 Å². The molecule has 21 heavy (non-hydrogen) atoms. The van der Waals surface area contributed by atoms with E-state index in [4.69, 9.17) is 4.99 Å². The number of allylic oxidation sites excluding steroid dienone is 4. The van der Waals surface area contributed by atoms with Gasteiger partial charge in [-0.05, 0) is 55.4 Å². The number of aliphatic hydroxyl groups is 1. The van der Waals surface area contributed by atoms with Gasteiger partial charge in [-0.3, -0.25) is 4.99 Å². The summed E-state index contributed by atoms with van der Waals surface area (Å²) < 4.78 is 0. The molecule has 0 aromatic rings. The second kappa shape index (κ2) is 6.91. The monoisotopic (exact) mass is 289 g/mol. The first-order valence-electron chi connectivity index (χ1n) is 8.54. The van der Waals surface area contributed by atoms with Crippen molar-refractivity contribution in [2.75, 3.05) is 6.61 Å². The molecule has 3 atom stereocenters. The van der Waals surface area contributed by atoms with Crippen molar-refractivity contribution in [2.24, 2.45) is 34.6 Å². The van der Waals surface area contributed by atoms with Crippen molar-refractivity contribution in [1.82, 2.24) is 0 Å². The summed E-state index contributed by atoms with van der Waals surface area (Å²) >= 11 is 0. The first kappa shape index (κ1) is 16.5. The highest BCUT2D eigenvalue weighted by molar-refractivity contribution is 5.91. The zero-order chi connectivity index (χ0) is 15.6. The van der Waals surface area contributed by atoms with Gasteiger partial charge in [0.2, 0.25) is 0 Å². The minimum absolute atomic E-state index is 0.195. The van der Waals surface area contributed by atoms with Gasteiger partial charge in [0.25, 0.3) is 0 Å². The molecule has 1 heterocycles. The van der Waals surface area contributed by atoms with Gasteiger partial charge in [0.15, 0.2) is 0 Å². The lowest BCUT2D eigenvalue weighted by molar-refractivity contribution is 0.199. The molecule has 2 heteroatoms. The maximum Gasteiger partial charge on any atom is 0.0517 e. The van der Waals surface area contributed by atoms with Crippen LogP contribution in [0.25, 0.3) is 0 Å². The van der Waals surface area contributed by atoms with E-state index in [9.17, 15) is 5.11 Å². The molecule has 0 spiro atoms. The van der Waals surface area contributed by atoms with Crippen LogP contribution < -0.4 is 0 Å². The highest BCUT2D eigenvalue weighted by Gasteiger charge is 2.38. The van der Waals surface area contributed by atoms with E-state index in [0.29, 0.717) is 23.7 Å². The number of nitrogens with zero attached hydrogens (tertiary/aromatic N) is 1. The molecular weight excluding hydrogens is 258 g/mol. The Labute approximate surface area is 130 Å². The Morgan fingerprint density at radius 2 is 1.95 bits per heavy atom. The van der Waals surface area contributed by atoms with Crippen molar-refractivity contribution in [1.29, 1.82) is 0 Å². The predicted molar refractivity (Wildman–Crippen MR) is 90.4 cm³/mol. The van der Waals surface area contributed by atoms with Gasteiger partial charge in [-0.2, -0.15) is 0 Å². The van der Waals surface area contributed by atoms with Gasteiger partial charge in [-0.25, -0.2) is 0 Å². The second-order valence-corrected chi connectivity index (χ2v) is 7.25. The van der Waals surface area contributed by atoms with Crippen LogP contribution in [0.2, 0.25) is 0 Å². The van der Waals surface area contributed by atoms with Crippen LogP contribution in [-0.4, -0.2) is 17.4 Å². The van der Waals surface area contributed by atoms with Gasteiger partial charge in [-0.15, -0.1) is 0 Å². The lowest BCUT2D eigenvalue weighted by atomic mass is 9.68. The number of aliphatic hydroxyl groups excluding tert-OH is 1. The van der Waals surface area contributed by atoms with Gasteiger partial charge in [-0.1, -0.05) is 39.8 Å². The minimum Gasteiger partial charge on any atom is -0.396 e. The third-order valence-electron chi connectivity index (χ3n) is 5.05. The topological polar surface area (TPSA) is 32.6 Å². The van der Waals surface area contributed by atoms with Crippen LogP contribution in [0, 0.1) is 29.6 Å². The lowest BCUT2D eigenvalue weighted by Crippen LogP contribution is -2.38. The standard InChI is InChI=1S/C19H31NO/c1-12(2)18-14(5)17(15-9-7-6-8-10-15)16(11-21)19(20-18)13(3)4/h7,9,12-13,15-17,21H,6,8,10-11H2,1-5H3. The zero-order valence-electron chi connectivity index (χ0n) is 14.3. The molecule has 0 aromatic carbocycles. The van der Waals surface area contributed by atoms with Gasteiger partial charge in [0.1, 0.15) is 0 Å². The van der Waals surface area contributed by atoms with Gasteiger partial charge >= 0.3 is 0 Å². The molecule has 2 aliphatic rings. The normalized spacial score (nSPS) is 30.3. The summed E-state index contributed by atoms with van der Waals surface area (Å²) in [7, 11) is 0. The Balaban J connectivity index is 2.46. The van der Waals surface area contributed by atoms with Crippen molar-refractivity contribution in [3.8, 4) is 0 Å². The van der Waals surface area contributed by atoms with E-state index >= 15 is 0 Å². The first-order valence-corrected chi connectivity index (χ1v) is 8.54. The fraction of sp³-hybridized carbons (Fsp3) is 0.737. The summed E-state index contributed by atoms with van der Waals surface area (Å²) in [5.74, 6) is 2.04. The molecule has 0 bridgehead atoms. The fourth-order valence-electron chi connectivity index (χ4n) is 4.07. The Kier molecular flexibility index (Phi) is 5.43. The second-order valence-electron chi connectivity index (χ2n) is 7.25. The van der Waals surface area contributed by atoms with Crippen LogP contribution >= 0.6 is 0 Å². The summed E-state index contributed by atoms with van der Waals surface area (Å²) in [5.41, 5.74) is 3.87. The SMILES string of the molecule is CC1=C(C(C)C)N=C(C(C)C)C(CO)C1C1C=CCCC1. The molecule has 0 fully saturated rings. The maximum atomic E-state index is 10.0. The van der Waals surface area contributed by atoms with E-state index in [-0.39, 0.29) is 12.5 Å². The van der Waals surface area contributed by atoms with Gasteiger partial charge in [0.05, 0.1) is 6.61 Å². The van der Waals surface area contributed by atoms with Gasteiger partial charge < -0.3 is 5.11 Å². The van der Waals surface area contributed by atoms with E-state index in [1.54, 1.807) is 0 Å². The summed E-state index contributed by atoms with van der Waals surface area (Å²) in [6.07, 6.45) is 8.44. The molecule has 0 radical (unpaired) electrons. The number of rotatable bonds is 4. The molecule has 1 aliphatic heterocycles. The molecule has 0 amide bonds. The third kappa shape index (κ3) is 3.31. The fourth-order valence-corrected chi connectivity index (χ4v) is 4.07. The Morgan fingerprint density at radius 1 is 1.24 bits per heavy atom. The third-order valence-corrected chi connectivity index (χ3v) is 5.05. The molecule has 1 N–H and O–H groups in total. The number of hydrogen-bond donors (Lipinski definition) is 1. The van der Waals surface area contributed by atoms with E-state index in [1.807, 2.05) is 0 Å². The molecule has 2 rings (SSSR count). The predicted octanol–water partition coefficient (Wildman–Crippen LogP) is 4.61. The quantitative estimate of drug-likeness (QED) is 0.753. The summed E-state index contributed by atoms with van der Waals surface area (Å²) in [6, 6.07) is 0. The van der Waals surface area contributed by atoms with Crippen molar-refractivity contribution >= 4 is 5.71 Å². The largest absolute Gasteiger partial charge is 0.396 e. The van der Waals surface area contributed by atoms with Crippen LogP contribution in [0.1, 0.15) is 53.9 Å². The van der Waals surface area contributed by atoms with Crippen molar-refractivity contribution in [2.45, 2.75) is 53.9 Å².